The third-order valence-corrected chi connectivity index (χ3v) is 6.50. The molecule has 0 spiro atoms. The summed E-state index contributed by atoms with van der Waals surface area (Å²) in [6, 6.07) is 7.48. The fourth-order valence-corrected chi connectivity index (χ4v) is 3.93. The van der Waals surface area contributed by atoms with Crippen molar-refractivity contribution in [2.45, 2.75) is 41.5 Å². The number of halogens is 1. The number of fused-ring (bicyclic) bond motifs is 1. The Balaban J connectivity index is 0.000000524. The van der Waals surface area contributed by atoms with Crippen molar-refractivity contribution >= 4 is 32.8 Å². The van der Waals surface area contributed by atoms with Crippen LogP contribution in [0.3, 0.4) is 0 Å². The molecule has 1 aliphatic rings. The summed E-state index contributed by atoms with van der Waals surface area (Å²) >= 11 is 3.03. The molecule has 4 nitrogen and oxygen atoms in total. The van der Waals surface area contributed by atoms with Crippen molar-refractivity contribution in [3.63, 3.8) is 0 Å². The van der Waals surface area contributed by atoms with E-state index in [0.717, 1.165) is 40.5 Å². The van der Waals surface area contributed by atoms with Crippen LogP contribution in [0, 0.1) is 43.9 Å². The molecule has 1 amide bonds. The van der Waals surface area contributed by atoms with Crippen molar-refractivity contribution in [2.75, 3.05) is 7.11 Å². The van der Waals surface area contributed by atoms with Gasteiger partial charge in [-0.2, -0.15) is 0 Å². The average Bonchev–Trinajstić information content (AvgIpc) is 2.90. The van der Waals surface area contributed by atoms with Crippen LogP contribution in [-0.2, 0) is 19.6 Å². The van der Waals surface area contributed by atoms with Crippen LogP contribution in [0.4, 0.5) is 10.5 Å². The Morgan fingerprint density at radius 2 is 1.48 bits per heavy atom. The van der Waals surface area contributed by atoms with Crippen LogP contribution >= 0.6 is 10.1 Å². The summed E-state index contributed by atoms with van der Waals surface area (Å²) in [5.41, 5.74) is 2.35. The molecule has 29 heavy (non-hydrogen) atoms. The van der Waals surface area contributed by atoms with E-state index in [4.69, 9.17) is 0 Å². The molecule has 2 aromatic rings. The molecule has 6 heteroatoms. The Morgan fingerprint density at radius 3 is 1.93 bits per heavy atom. The monoisotopic (exact) mass is 464 g/mol. The molecule has 1 heterocycles. The molecule has 164 valence electrons. The van der Waals surface area contributed by atoms with Gasteiger partial charge in [0.2, 0.25) is 6.09 Å². The van der Waals surface area contributed by atoms with E-state index < -0.39 is 6.09 Å². The summed E-state index contributed by atoms with van der Waals surface area (Å²) < 4.78 is 4.50. The van der Waals surface area contributed by atoms with Gasteiger partial charge in [0.05, 0.1) is 12.6 Å². The molecule has 0 unspecified atom stereocenters. The van der Waals surface area contributed by atoms with Gasteiger partial charge >= 0.3 is 25.0 Å². The number of hydrogen-bond acceptors (Lipinski definition) is 3. The number of aryl methyl sites for hydroxylation is 1. The molecule has 0 bridgehead atoms. The van der Waals surface area contributed by atoms with Gasteiger partial charge in [-0.3, -0.25) is 9.78 Å². The van der Waals surface area contributed by atoms with Crippen LogP contribution in [-0.4, -0.2) is 18.2 Å². The summed E-state index contributed by atoms with van der Waals surface area (Å²) in [5, 5.41) is 4.82. The second kappa shape index (κ2) is 13.1. The molecule has 0 N–H and O–H groups in total. The number of carbonyl (C=O) groups excluding carboxylic acids is 1. The number of rotatable bonds is 1. The van der Waals surface area contributed by atoms with E-state index in [9.17, 15) is 4.79 Å². The standard InChI is InChI=1S/C12H12N2O2.C10H20.CH3.ClH.Co/c1-8-5-6-10(14-12(15)16-2)11-9(8)4-3-7-13-11;1-6-7(2)9(4)10(5)8(6)3;;;/h3-7H,1-2H3,(H,14,15);6-10H,1-5H3;1H3;1H;/q;;-1;;+3/p-2. The van der Waals surface area contributed by atoms with Crippen LogP contribution in [0.5, 0.6) is 0 Å². The molecular formula is C23H34ClCoN2O2. The summed E-state index contributed by atoms with van der Waals surface area (Å²) in [7, 11) is 5.63. The second-order valence-electron chi connectivity index (χ2n) is 7.68. The first-order valence-corrected chi connectivity index (χ1v) is 11.0. The van der Waals surface area contributed by atoms with E-state index >= 15 is 0 Å². The van der Waals surface area contributed by atoms with Gasteiger partial charge in [0.15, 0.2) is 0 Å². The first-order chi connectivity index (χ1) is 13.3. The molecule has 0 aliphatic heterocycles. The van der Waals surface area contributed by atoms with Crippen LogP contribution in [0.25, 0.3) is 16.2 Å². The first kappa shape index (κ1) is 27.7. The summed E-state index contributed by atoms with van der Waals surface area (Å²) in [6.45, 7) is 14.0. The fourth-order valence-electron chi connectivity index (χ4n) is 3.93. The van der Waals surface area contributed by atoms with Crippen LogP contribution < -0.4 is 0 Å². The molecule has 1 aromatic carbocycles. The summed E-state index contributed by atoms with van der Waals surface area (Å²) in [4.78, 5) is 15.3. The third-order valence-electron chi connectivity index (χ3n) is 6.50. The summed E-state index contributed by atoms with van der Waals surface area (Å²) in [6.07, 6.45) is 1.06. The van der Waals surface area contributed by atoms with E-state index in [2.05, 4.69) is 74.6 Å². The van der Waals surface area contributed by atoms with Gasteiger partial charge in [0.25, 0.3) is 0 Å². The van der Waals surface area contributed by atoms with Crippen molar-refractivity contribution in [3.05, 3.63) is 48.8 Å². The van der Waals surface area contributed by atoms with Crippen molar-refractivity contribution in [2.24, 2.45) is 29.6 Å². The van der Waals surface area contributed by atoms with Crippen LogP contribution in [0.1, 0.15) is 40.2 Å². The molecule has 1 aromatic heterocycles. The zero-order chi connectivity index (χ0) is 21.4. The van der Waals surface area contributed by atoms with E-state index in [1.807, 2.05) is 25.1 Å². The van der Waals surface area contributed by atoms with Gasteiger partial charge in [0.1, 0.15) is 0 Å². The molecule has 0 atom stereocenters. The SMILES string of the molecule is CC1C(C)C(C)C(C)C1C.COC(=O)[N-]c1ccc(C)c2cccnc12.[CH3-].[Cl][Co+2]. The number of aromatic nitrogens is 1. The van der Waals surface area contributed by atoms with Crippen LogP contribution in [0.2, 0.25) is 0 Å². The molecule has 1 saturated carbocycles. The molecule has 3 rings (SSSR count). The Bertz CT molecular complexity index is 727. The maximum absolute atomic E-state index is 11.1. The van der Waals surface area contributed by atoms with Crippen LogP contribution in [0.15, 0.2) is 30.5 Å². The van der Waals surface area contributed by atoms with Crippen molar-refractivity contribution < 1.29 is 24.4 Å². The number of pyridine rings is 1. The van der Waals surface area contributed by atoms with E-state index in [0.29, 0.717) is 11.2 Å². The Labute approximate surface area is 189 Å². The summed E-state index contributed by atoms with van der Waals surface area (Å²) in [5.74, 6) is 4.68. The molecular weight excluding hydrogens is 431 g/mol. The molecule has 0 saturated heterocycles. The number of hydrogen-bond donors (Lipinski definition) is 0. The first-order valence-electron chi connectivity index (χ1n) is 9.54. The van der Waals surface area contributed by atoms with Gasteiger partial charge in [-0.25, -0.2) is 0 Å². The zero-order valence-electron chi connectivity index (χ0n) is 18.7. The molecule has 1 fully saturated rings. The van der Waals surface area contributed by atoms with Gasteiger partial charge in [0, 0.05) is 11.6 Å². The minimum atomic E-state index is -0.615. The molecule has 0 radical (unpaired) electrons. The van der Waals surface area contributed by atoms with E-state index in [1.165, 1.54) is 7.11 Å². The quantitative estimate of drug-likeness (QED) is 0.407. The van der Waals surface area contributed by atoms with E-state index in [-0.39, 0.29) is 7.43 Å². The topological polar surface area (TPSA) is 53.3 Å². The number of nitrogens with zero attached hydrogens (tertiary/aromatic N) is 2. The maximum atomic E-state index is 11.1. The van der Waals surface area contributed by atoms with Crippen molar-refractivity contribution in [3.8, 4) is 0 Å². The number of ether oxygens (including phenoxy) is 1. The van der Waals surface area contributed by atoms with Gasteiger partial charge < -0.3 is 17.5 Å². The number of methoxy groups -OCH3 is 1. The third kappa shape index (κ3) is 6.87. The Hall–Kier alpha value is -1.30. The zero-order valence-corrected chi connectivity index (χ0v) is 20.5. The minimum absolute atomic E-state index is 0. The number of carbonyl (C=O) groups is 1. The van der Waals surface area contributed by atoms with Crippen molar-refractivity contribution in [1.82, 2.24) is 4.98 Å². The number of benzene rings is 1. The number of amides is 1. The Morgan fingerprint density at radius 1 is 1.00 bits per heavy atom. The Kier molecular flexibility index (Phi) is 12.5. The molecule has 1 aliphatic carbocycles. The van der Waals surface area contributed by atoms with Crippen molar-refractivity contribution in [1.29, 1.82) is 0 Å². The van der Waals surface area contributed by atoms with Gasteiger partial charge in [-0.05, 0) is 48.1 Å². The predicted molar refractivity (Wildman–Crippen MR) is 120 cm³/mol. The van der Waals surface area contributed by atoms with Gasteiger partial charge in [-0.15, -0.1) is 5.69 Å². The normalized spacial score (nSPS) is 24.9. The predicted octanol–water partition coefficient (Wildman–Crippen LogP) is 7.63. The fraction of sp³-hybridized carbons (Fsp3) is 0.522. The van der Waals surface area contributed by atoms with Gasteiger partial charge in [-0.1, -0.05) is 52.8 Å². The average molecular weight is 465 g/mol. The van der Waals surface area contributed by atoms with E-state index in [1.54, 1.807) is 12.3 Å². The second-order valence-corrected chi connectivity index (χ2v) is 7.68.